The fraction of sp³-hybridized carbons (Fsp3) is 0.333. The third-order valence-corrected chi connectivity index (χ3v) is 6.77. The molecule has 4 aromatic rings. The summed E-state index contributed by atoms with van der Waals surface area (Å²) < 4.78 is 8.82. The number of nitrogens with one attached hydrogen (secondary N) is 1. The summed E-state index contributed by atoms with van der Waals surface area (Å²) in [5, 5.41) is 29.5. The number of aryl methyl sites for hydroxylation is 1. The normalized spacial score (nSPS) is 12.9. The number of fused-ring (bicyclic) bond motifs is 1. The van der Waals surface area contributed by atoms with Crippen molar-refractivity contribution in [3.63, 3.8) is 0 Å². The summed E-state index contributed by atoms with van der Waals surface area (Å²) in [5.41, 5.74) is 5.63. The number of nitriles is 1. The molecule has 11 heteroatoms. The number of benzene rings is 1. The predicted octanol–water partition coefficient (Wildman–Crippen LogP) is 2.99. The minimum Gasteiger partial charge on any atom is -0.496 e. The van der Waals surface area contributed by atoms with Gasteiger partial charge < -0.3 is 19.6 Å². The molecule has 1 aliphatic rings. The Labute approximate surface area is 218 Å². The molecule has 1 saturated carbocycles. The van der Waals surface area contributed by atoms with E-state index in [2.05, 4.69) is 34.0 Å². The Balaban J connectivity index is 1.30. The zero-order valence-corrected chi connectivity index (χ0v) is 21.1. The number of carbonyl (C=O) groups excluding carboxylic acids is 1. The highest BCUT2D eigenvalue weighted by molar-refractivity contribution is 5.91. The molecule has 0 aliphatic heterocycles. The first-order valence-corrected chi connectivity index (χ1v) is 12.3. The molecule has 38 heavy (non-hydrogen) atoms. The van der Waals surface area contributed by atoms with E-state index in [-0.39, 0.29) is 18.7 Å². The first-order valence-electron chi connectivity index (χ1n) is 12.3. The topological polar surface area (TPSA) is 147 Å². The zero-order chi connectivity index (χ0) is 26.8. The Morgan fingerprint density at radius 2 is 2.08 bits per heavy atom. The maximum Gasteiger partial charge on any atom is 0.303 e. The second-order valence-corrected chi connectivity index (χ2v) is 9.44. The van der Waals surface area contributed by atoms with Crippen molar-refractivity contribution >= 4 is 17.5 Å². The van der Waals surface area contributed by atoms with Gasteiger partial charge >= 0.3 is 5.97 Å². The van der Waals surface area contributed by atoms with Crippen molar-refractivity contribution in [2.24, 2.45) is 0 Å². The lowest BCUT2D eigenvalue weighted by atomic mass is 10.0. The Morgan fingerprint density at radius 3 is 2.79 bits per heavy atom. The van der Waals surface area contributed by atoms with E-state index in [1.807, 2.05) is 17.5 Å². The summed E-state index contributed by atoms with van der Waals surface area (Å²) in [5.74, 6) is -0.0924. The lowest BCUT2D eigenvalue weighted by molar-refractivity contribution is -0.136. The monoisotopic (exact) mass is 513 g/mol. The molecule has 0 atom stereocenters. The first kappa shape index (κ1) is 25.0. The molecule has 3 aromatic heterocycles. The molecule has 5 rings (SSSR count). The highest BCUT2D eigenvalue weighted by Crippen LogP contribution is 2.40. The van der Waals surface area contributed by atoms with Crippen LogP contribution in [0.25, 0.3) is 5.65 Å². The van der Waals surface area contributed by atoms with Crippen molar-refractivity contribution < 1.29 is 19.4 Å². The number of carboxylic acid groups (broad SMARTS) is 1. The van der Waals surface area contributed by atoms with E-state index in [0.717, 1.165) is 35.3 Å². The number of ether oxygens (including phenoxy) is 1. The largest absolute Gasteiger partial charge is 0.496 e. The number of imidazole rings is 1. The number of amides is 1. The number of pyridine rings is 1. The minimum atomic E-state index is -0.842. The van der Waals surface area contributed by atoms with E-state index < -0.39 is 11.9 Å². The number of hydrogen-bond donors (Lipinski definition) is 2. The van der Waals surface area contributed by atoms with Crippen LogP contribution in [0, 0.1) is 18.3 Å². The van der Waals surface area contributed by atoms with Crippen molar-refractivity contribution in [3.8, 4) is 11.8 Å². The highest BCUT2D eigenvalue weighted by atomic mass is 16.5. The standard InChI is InChI=1S/C27H27N7O4/c1-16-22(19(10-28)5-7-24(16)38-2)11-29-27(37)23-15-34(32-31-23)14-21-13-33-12-20(17-3-4-17)9-18(26(33)30-21)6-8-25(35)36/h5,7,9,12-13,15,17H,3-4,6,8,11,14H2,1-2H3,(H,29,37)(H,35,36). The molecule has 2 N–H and O–H groups in total. The minimum absolute atomic E-state index is 0.0403. The van der Waals surface area contributed by atoms with Crippen LogP contribution in [0.1, 0.15) is 69.2 Å². The summed E-state index contributed by atoms with van der Waals surface area (Å²) in [7, 11) is 1.56. The molecule has 1 aromatic carbocycles. The van der Waals surface area contributed by atoms with Crippen LogP contribution in [0.3, 0.4) is 0 Å². The number of rotatable bonds is 10. The molecular weight excluding hydrogens is 486 g/mol. The van der Waals surface area contributed by atoms with Crippen LogP contribution >= 0.6 is 0 Å². The molecule has 0 unspecified atom stereocenters. The van der Waals surface area contributed by atoms with Crippen molar-refractivity contribution in [2.75, 3.05) is 7.11 Å². The van der Waals surface area contributed by atoms with Gasteiger partial charge in [0.15, 0.2) is 5.69 Å². The highest BCUT2D eigenvalue weighted by Gasteiger charge is 2.25. The summed E-state index contributed by atoms with van der Waals surface area (Å²) in [4.78, 5) is 28.6. The number of carbonyl (C=O) groups is 2. The van der Waals surface area contributed by atoms with E-state index >= 15 is 0 Å². The van der Waals surface area contributed by atoms with Crippen LogP contribution in [-0.4, -0.2) is 48.5 Å². The van der Waals surface area contributed by atoms with Gasteiger partial charge in [-0.1, -0.05) is 11.3 Å². The fourth-order valence-corrected chi connectivity index (χ4v) is 4.58. The summed E-state index contributed by atoms with van der Waals surface area (Å²) in [6, 6.07) is 7.62. The van der Waals surface area contributed by atoms with E-state index in [0.29, 0.717) is 35.8 Å². The number of hydrogen-bond acceptors (Lipinski definition) is 7. The molecule has 0 radical (unpaired) electrons. The van der Waals surface area contributed by atoms with Crippen molar-refractivity contribution in [1.82, 2.24) is 29.7 Å². The number of aromatic nitrogens is 5. The van der Waals surface area contributed by atoms with Crippen LogP contribution in [0.2, 0.25) is 0 Å². The molecule has 0 bridgehead atoms. The Hall–Kier alpha value is -4.72. The number of nitrogens with zero attached hydrogens (tertiary/aromatic N) is 6. The van der Waals surface area contributed by atoms with Crippen LogP contribution in [0.4, 0.5) is 0 Å². The Morgan fingerprint density at radius 1 is 1.26 bits per heavy atom. The second kappa shape index (κ2) is 10.3. The molecule has 3 heterocycles. The SMILES string of the molecule is COc1ccc(C#N)c(CNC(=O)c2cn(Cc3cn4cc(C5CC5)cc(CCC(=O)O)c4n3)nn2)c1C. The van der Waals surface area contributed by atoms with E-state index in [1.54, 1.807) is 25.4 Å². The van der Waals surface area contributed by atoms with Gasteiger partial charge in [-0.3, -0.25) is 9.59 Å². The van der Waals surface area contributed by atoms with Crippen molar-refractivity contribution in [2.45, 2.75) is 51.6 Å². The molecule has 11 nitrogen and oxygen atoms in total. The van der Waals surface area contributed by atoms with Crippen LogP contribution < -0.4 is 10.1 Å². The van der Waals surface area contributed by atoms with Crippen LogP contribution in [0.15, 0.2) is 36.8 Å². The van der Waals surface area contributed by atoms with Gasteiger partial charge in [-0.2, -0.15) is 5.26 Å². The fourth-order valence-electron chi connectivity index (χ4n) is 4.58. The quantitative estimate of drug-likeness (QED) is 0.329. The lowest BCUT2D eigenvalue weighted by Gasteiger charge is -2.12. The Bertz CT molecular complexity index is 1580. The van der Waals surface area contributed by atoms with Crippen LogP contribution in [0.5, 0.6) is 5.75 Å². The molecule has 1 amide bonds. The average Bonchev–Trinajstić information content (AvgIpc) is 3.52. The van der Waals surface area contributed by atoms with E-state index in [4.69, 9.17) is 14.8 Å². The molecule has 0 spiro atoms. The van der Waals surface area contributed by atoms with E-state index in [1.165, 1.54) is 10.2 Å². The van der Waals surface area contributed by atoms with Gasteiger partial charge in [0.1, 0.15) is 11.4 Å². The van der Waals surface area contributed by atoms with Crippen molar-refractivity contribution in [1.29, 1.82) is 5.26 Å². The zero-order valence-electron chi connectivity index (χ0n) is 21.1. The van der Waals surface area contributed by atoms with Crippen LogP contribution in [-0.2, 0) is 24.3 Å². The summed E-state index contributed by atoms with van der Waals surface area (Å²) >= 11 is 0. The van der Waals surface area contributed by atoms with Gasteiger partial charge in [0, 0.05) is 25.4 Å². The number of aliphatic carboxylic acids is 1. The third kappa shape index (κ3) is 5.20. The lowest BCUT2D eigenvalue weighted by Crippen LogP contribution is -2.24. The molecule has 1 fully saturated rings. The smallest absolute Gasteiger partial charge is 0.303 e. The van der Waals surface area contributed by atoms with Gasteiger partial charge in [-0.25, -0.2) is 9.67 Å². The molecule has 1 aliphatic carbocycles. The predicted molar refractivity (Wildman–Crippen MR) is 136 cm³/mol. The average molecular weight is 514 g/mol. The van der Waals surface area contributed by atoms with E-state index in [9.17, 15) is 14.9 Å². The molecular formula is C27H27N7O4. The van der Waals surface area contributed by atoms with Gasteiger partial charge in [-0.05, 0) is 66.5 Å². The number of methoxy groups -OCH3 is 1. The van der Waals surface area contributed by atoms with Gasteiger partial charge in [-0.15, -0.1) is 5.10 Å². The maximum atomic E-state index is 12.8. The van der Waals surface area contributed by atoms with Gasteiger partial charge in [0.2, 0.25) is 0 Å². The maximum absolute atomic E-state index is 12.8. The van der Waals surface area contributed by atoms with Gasteiger partial charge in [0.05, 0.1) is 37.2 Å². The first-order chi connectivity index (χ1) is 18.4. The van der Waals surface area contributed by atoms with Gasteiger partial charge in [0.25, 0.3) is 5.91 Å². The Kier molecular flexibility index (Phi) is 6.79. The summed E-state index contributed by atoms with van der Waals surface area (Å²) in [6.07, 6.45) is 8.24. The van der Waals surface area contributed by atoms with Crippen molar-refractivity contribution in [3.05, 3.63) is 76.0 Å². The summed E-state index contributed by atoms with van der Waals surface area (Å²) in [6.45, 7) is 2.28. The third-order valence-electron chi connectivity index (χ3n) is 6.77. The molecule has 194 valence electrons. The second-order valence-electron chi connectivity index (χ2n) is 9.44. The molecule has 0 saturated heterocycles. The number of carboxylic acids is 1.